The first-order chi connectivity index (χ1) is 19.7. The highest BCUT2D eigenvalue weighted by Crippen LogP contribution is 2.51. The Bertz CT molecular complexity index is 1400. The summed E-state index contributed by atoms with van der Waals surface area (Å²) >= 11 is 0. The van der Waals surface area contributed by atoms with Crippen molar-refractivity contribution in [2.24, 2.45) is 23.7 Å². The van der Waals surface area contributed by atoms with E-state index < -0.39 is 48.4 Å². The van der Waals surface area contributed by atoms with Crippen LogP contribution in [-0.2, 0) is 39.3 Å². The number of halogens is 6. The number of carbonyl (C=O) groups is 2. The molecule has 1 aromatic rings. The maximum Gasteiger partial charge on any atom is 0.450 e. The Morgan fingerprint density at radius 3 is 2.00 bits per heavy atom. The number of hydrogen-bond acceptors (Lipinski definition) is 10. The van der Waals surface area contributed by atoms with Gasteiger partial charge in [-0.1, -0.05) is 13.8 Å². The smallest absolute Gasteiger partial charge is 0.450 e. The van der Waals surface area contributed by atoms with Crippen molar-refractivity contribution >= 4 is 32.2 Å². The van der Waals surface area contributed by atoms with Gasteiger partial charge in [0.05, 0.1) is 11.8 Å². The molecule has 0 aliphatic heterocycles. The molecule has 1 N–H and O–H groups in total. The summed E-state index contributed by atoms with van der Waals surface area (Å²) in [5, 5.41) is -13.7. The molecule has 43 heavy (non-hydrogen) atoms. The van der Waals surface area contributed by atoms with E-state index in [1.54, 1.807) is 6.92 Å². The summed E-state index contributed by atoms with van der Waals surface area (Å²) in [6.07, 6.45) is 2.21. The van der Waals surface area contributed by atoms with Gasteiger partial charge in [-0.3, -0.25) is 14.1 Å². The molecule has 0 heterocycles. The number of hydrogen-bond donors (Lipinski definition) is 1. The Morgan fingerprint density at radius 2 is 1.49 bits per heavy atom. The first kappa shape index (κ1) is 34.7. The van der Waals surface area contributed by atoms with Crippen molar-refractivity contribution < 1.29 is 75.7 Å². The van der Waals surface area contributed by atoms with E-state index in [4.69, 9.17) is 18.8 Å². The summed E-state index contributed by atoms with van der Waals surface area (Å²) in [6.45, 7) is 3.23. The Morgan fingerprint density at radius 1 is 0.907 bits per heavy atom. The molecule has 0 aromatic heterocycles. The van der Waals surface area contributed by atoms with Crippen molar-refractivity contribution in [1.82, 2.24) is 0 Å². The highest BCUT2D eigenvalue weighted by molar-refractivity contribution is 7.88. The number of ether oxygens (including phenoxy) is 3. The van der Waals surface area contributed by atoms with E-state index in [9.17, 15) is 52.8 Å². The molecule has 1 aromatic carbocycles. The standard InChI is InChI=1S/C24H28F6O11S2/c1-3-13(2)20(31)40-19-12-14-10-15(19)11-18(14)21(32)39-9-8-38-16-4-6-17(7-5-16)41-43(36,37)24(29,30)22(25,26)23(27,28)42(33,34)35/h4-7,13-15,18-19H,3,8-12H2,1-2H3,(H,33,34,35). The van der Waals surface area contributed by atoms with Crippen LogP contribution >= 0.6 is 0 Å². The monoisotopic (exact) mass is 670 g/mol. The highest BCUT2D eigenvalue weighted by atomic mass is 32.2. The second-order valence-corrected chi connectivity index (χ2v) is 13.3. The van der Waals surface area contributed by atoms with Crippen molar-refractivity contribution in [3.05, 3.63) is 24.3 Å². The molecule has 5 atom stereocenters. The number of benzene rings is 1. The van der Waals surface area contributed by atoms with Crippen molar-refractivity contribution in [1.29, 1.82) is 0 Å². The van der Waals surface area contributed by atoms with Crippen LogP contribution in [0, 0.1) is 23.7 Å². The lowest BCUT2D eigenvalue weighted by molar-refractivity contribution is -0.247. The van der Waals surface area contributed by atoms with Crippen LogP contribution in [0.4, 0.5) is 26.3 Å². The summed E-state index contributed by atoms with van der Waals surface area (Å²) in [6, 6.07) is 3.11. The number of carbonyl (C=O) groups excluding carboxylic acids is 2. The van der Waals surface area contributed by atoms with Gasteiger partial charge in [0.25, 0.3) is 0 Å². The molecule has 19 heteroatoms. The fourth-order valence-electron chi connectivity index (χ4n) is 4.76. The van der Waals surface area contributed by atoms with Crippen molar-refractivity contribution in [2.45, 2.75) is 62.1 Å². The summed E-state index contributed by atoms with van der Waals surface area (Å²) in [4.78, 5) is 24.6. The molecule has 2 bridgehead atoms. The lowest BCUT2D eigenvalue weighted by Crippen LogP contribution is -2.61. The van der Waals surface area contributed by atoms with Gasteiger partial charge in [-0.15, -0.1) is 0 Å². The molecular weight excluding hydrogens is 642 g/mol. The third-order valence-corrected chi connectivity index (χ3v) is 9.57. The molecule has 11 nitrogen and oxygen atoms in total. The van der Waals surface area contributed by atoms with E-state index in [1.807, 2.05) is 6.92 Å². The van der Waals surface area contributed by atoms with Crippen LogP contribution in [0.2, 0.25) is 0 Å². The third-order valence-electron chi connectivity index (χ3n) is 7.37. The Hall–Kier alpha value is -2.80. The zero-order chi connectivity index (χ0) is 32.6. The van der Waals surface area contributed by atoms with Crippen molar-refractivity contribution in [2.75, 3.05) is 13.2 Å². The van der Waals surface area contributed by atoms with Crippen LogP contribution < -0.4 is 8.92 Å². The first-order valence-corrected chi connectivity index (χ1v) is 15.7. The molecule has 2 saturated carbocycles. The molecule has 2 aliphatic rings. The Kier molecular flexibility index (Phi) is 9.92. The van der Waals surface area contributed by atoms with Crippen LogP contribution in [0.15, 0.2) is 24.3 Å². The fraction of sp³-hybridized carbons (Fsp3) is 0.667. The average Bonchev–Trinajstić information content (AvgIpc) is 3.51. The quantitative estimate of drug-likeness (QED) is 0.100. The molecule has 244 valence electrons. The summed E-state index contributed by atoms with van der Waals surface area (Å²) < 4.78 is 154. The zero-order valence-corrected chi connectivity index (χ0v) is 24.2. The van der Waals surface area contributed by atoms with E-state index in [2.05, 4.69) is 4.18 Å². The van der Waals surface area contributed by atoms with Gasteiger partial charge in [-0.05, 0) is 61.8 Å². The van der Waals surface area contributed by atoms with E-state index in [1.165, 1.54) is 0 Å². The lowest BCUT2D eigenvalue weighted by Gasteiger charge is -2.29. The summed E-state index contributed by atoms with van der Waals surface area (Å²) in [5.74, 6) is -9.50. The fourth-order valence-corrected chi connectivity index (χ4v) is 6.18. The first-order valence-electron chi connectivity index (χ1n) is 12.8. The Balaban J connectivity index is 1.48. The predicted molar refractivity (Wildman–Crippen MR) is 132 cm³/mol. The Labute approximate surface area is 242 Å². The number of rotatable bonds is 14. The maximum atomic E-state index is 13.9. The minimum atomic E-state index is -7.16. The van der Waals surface area contributed by atoms with Gasteiger partial charge < -0.3 is 18.4 Å². The van der Waals surface area contributed by atoms with Crippen LogP contribution in [-0.4, -0.2) is 69.1 Å². The summed E-state index contributed by atoms with van der Waals surface area (Å²) in [7, 11) is -14.1. The second kappa shape index (κ2) is 12.3. The van der Waals surface area contributed by atoms with E-state index >= 15 is 0 Å². The van der Waals surface area contributed by atoms with Gasteiger partial charge in [0.1, 0.15) is 30.8 Å². The van der Waals surface area contributed by atoms with Gasteiger partial charge in [0, 0.05) is 0 Å². The largest absolute Gasteiger partial charge is 0.490 e. The number of fused-ring (bicyclic) bond motifs is 2. The normalized spacial score (nSPS) is 23.5. The van der Waals surface area contributed by atoms with Crippen LogP contribution in [0.25, 0.3) is 0 Å². The van der Waals surface area contributed by atoms with Crippen molar-refractivity contribution in [3.8, 4) is 11.5 Å². The van der Waals surface area contributed by atoms with Gasteiger partial charge in [0.15, 0.2) is 0 Å². The highest BCUT2D eigenvalue weighted by Gasteiger charge is 2.83. The SMILES string of the molecule is CCC(C)C(=O)OC1CC2CC1CC2C(=O)OCCOc1ccc(OS(=O)(=O)C(F)(F)C(F)(F)C(F)(F)S(=O)(=O)O)cc1. The van der Waals surface area contributed by atoms with Gasteiger partial charge >= 0.3 is 48.6 Å². The van der Waals surface area contributed by atoms with E-state index in [-0.39, 0.29) is 54.7 Å². The molecule has 0 spiro atoms. The molecule has 2 aliphatic carbocycles. The molecule has 0 saturated heterocycles. The number of esters is 2. The summed E-state index contributed by atoms with van der Waals surface area (Å²) in [5.41, 5.74) is 0. The molecule has 2 fully saturated rings. The topological polar surface area (TPSA) is 160 Å². The molecule has 3 rings (SSSR count). The van der Waals surface area contributed by atoms with E-state index in [0.717, 1.165) is 18.6 Å². The van der Waals surface area contributed by atoms with Crippen LogP contribution in [0.5, 0.6) is 11.5 Å². The molecular formula is C24H28F6O11S2. The van der Waals surface area contributed by atoms with Crippen LogP contribution in [0.3, 0.4) is 0 Å². The van der Waals surface area contributed by atoms with Gasteiger partial charge in [-0.25, -0.2) is 0 Å². The van der Waals surface area contributed by atoms with Crippen LogP contribution in [0.1, 0.15) is 39.5 Å². The minimum absolute atomic E-state index is 0.00331. The molecule has 0 radical (unpaired) electrons. The average molecular weight is 671 g/mol. The van der Waals surface area contributed by atoms with Gasteiger partial charge in [0.2, 0.25) is 0 Å². The van der Waals surface area contributed by atoms with Gasteiger partial charge in [-0.2, -0.15) is 43.2 Å². The molecule has 5 unspecified atom stereocenters. The third kappa shape index (κ3) is 6.82. The predicted octanol–water partition coefficient (Wildman–Crippen LogP) is 4.03. The molecule has 0 amide bonds. The van der Waals surface area contributed by atoms with E-state index in [0.29, 0.717) is 31.4 Å². The maximum absolute atomic E-state index is 13.9. The minimum Gasteiger partial charge on any atom is -0.490 e. The number of alkyl halides is 6. The van der Waals surface area contributed by atoms with Crippen molar-refractivity contribution in [3.63, 3.8) is 0 Å². The lowest BCUT2D eigenvalue weighted by atomic mass is 9.87. The zero-order valence-electron chi connectivity index (χ0n) is 22.6. The second-order valence-electron chi connectivity index (χ2n) is 10.2.